The molecular formula is C11H20N2O3. The van der Waals surface area contributed by atoms with E-state index < -0.39 is 17.6 Å². The maximum absolute atomic E-state index is 12.1. The largest absolute Gasteiger partial charge is 0.480 e. The van der Waals surface area contributed by atoms with Crippen molar-refractivity contribution in [1.82, 2.24) is 4.90 Å². The number of nitrogens with two attached hydrogens (primary N) is 1. The Morgan fingerprint density at radius 3 is 2.69 bits per heavy atom. The van der Waals surface area contributed by atoms with Crippen LogP contribution in [-0.4, -0.2) is 40.0 Å². The van der Waals surface area contributed by atoms with Crippen molar-refractivity contribution in [2.75, 3.05) is 6.54 Å². The minimum absolute atomic E-state index is 0.237. The Labute approximate surface area is 95.6 Å². The highest BCUT2D eigenvalue weighted by Gasteiger charge is 2.40. The molecule has 0 aliphatic carbocycles. The van der Waals surface area contributed by atoms with Crippen molar-refractivity contribution >= 4 is 11.9 Å². The topological polar surface area (TPSA) is 83.6 Å². The van der Waals surface area contributed by atoms with Gasteiger partial charge in [-0.15, -0.1) is 0 Å². The fourth-order valence-electron chi connectivity index (χ4n) is 2.22. The molecule has 1 unspecified atom stereocenters. The summed E-state index contributed by atoms with van der Waals surface area (Å²) in [6.45, 7) is 4.14. The number of carboxylic acids is 1. The number of hydrogen-bond acceptors (Lipinski definition) is 3. The van der Waals surface area contributed by atoms with Crippen LogP contribution in [0.5, 0.6) is 0 Å². The van der Waals surface area contributed by atoms with Crippen molar-refractivity contribution < 1.29 is 14.7 Å². The summed E-state index contributed by atoms with van der Waals surface area (Å²) < 4.78 is 0. The lowest BCUT2D eigenvalue weighted by Crippen LogP contribution is -2.55. The summed E-state index contributed by atoms with van der Waals surface area (Å²) in [5.74, 6) is -1.17. The molecule has 92 valence electrons. The van der Waals surface area contributed by atoms with Gasteiger partial charge in [-0.2, -0.15) is 0 Å². The van der Waals surface area contributed by atoms with Gasteiger partial charge in [0.05, 0.1) is 5.54 Å². The Bertz CT molecular complexity index is 289. The average Bonchev–Trinajstić information content (AvgIpc) is 2.64. The molecule has 0 aromatic rings. The lowest BCUT2D eigenvalue weighted by atomic mass is 9.95. The number of carbonyl (C=O) groups excluding carboxylic acids is 1. The summed E-state index contributed by atoms with van der Waals surface area (Å²) in [5, 5.41) is 8.99. The van der Waals surface area contributed by atoms with Crippen LogP contribution in [0.2, 0.25) is 0 Å². The zero-order chi connectivity index (χ0) is 12.3. The molecule has 1 rings (SSSR count). The minimum Gasteiger partial charge on any atom is -0.480 e. The Hall–Kier alpha value is -1.10. The van der Waals surface area contributed by atoms with Crippen molar-refractivity contribution in [3.63, 3.8) is 0 Å². The van der Waals surface area contributed by atoms with E-state index in [0.717, 1.165) is 12.8 Å². The molecular weight excluding hydrogens is 208 g/mol. The predicted molar refractivity (Wildman–Crippen MR) is 59.9 cm³/mol. The first kappa shape index (κ1) is 13.0. The van der Waals surface area contributed by atoms with Crippen LogP contribution in [0.3, 0.4) is 0 Å². The fraction of sp³-hybridized carbons (Fsp3) is 0.818. The van der Waals surface area contributed by atoms with Crippen LogP contribution < -0.4 is 5.73 Å². The molecule has 1 aliphatic heterocycles. The SMILES string of the molecule is CCCC(C)(N)C(=O)N1CCC[C@@H]1C(=O)O. The van der Waals surface area contributed by atoms with Gasteiger partial charge >= 0.3 is 5.97 Å². The smallest absolute Gasteiger partial charge is 0.326 e. The number of amides is 1. The third-order valence-electron chi connectivity index (χ3n) is 3.06. The molecule has 5 heteroatoms. The van der Waals surface area contributed by atoms with Gasteiger partial charge in [-0.05, 0) is 26.2 Å². The van der Waals surface area contributed by atoms with Crippen LogP contribution in [0, 0.1) is 0 Å². The lowest BCUT2D eigenvalue weighted by molar-refractivity contribution is -0.150. The second-order valence-corrected chi connectivity index (χ2v) is 4.66. The average molecular weight is 228 g/mol. The molecule has 0 aromatic carbocycles. The van der Waals surface area contributed by atoms with E-state index in [1.807, 2.05) is 6.92 Å². The van der Waals surface area contributed by atoms with Gasteiger partial charge in [-0.25, -0.2) is 4.79 Å². The summed E-state index contributed by atoms with van der Waals surface area (Å²) in [6, 6.07) is -0.688. The molecule has 3 N–H and O–H groups in total. The molecule has 2 atom stereocenters. The van der Waals surface area contributed by atoms with E-state index in [1.54, 1.807) is 6.92 Å². The Kier molecular flexibility index (Phi) is 3.91. The number of carboxylic acid groups (broad SMARTS) is 1. The van der Waals surface area contributed by atoms with Crippen molar-refractivity contribution in [2.45, 2.75) is 51.1 Å². The summed E-state index contributed by atoms with van der Waals surface area (Å²) in [6.07, 6.45) is 2.66. The van der Waals surface area contributed by atoms with Gasteiger partial charge < -0.3 is 15.7 Å². The van der Waals surface area contributed by atoms with Crippen LogP contribution in [0.4, 0.5) is 0 Å². The van der Waals surface area contributed by atoms with E-state index in [9.17, 15) is 9.59 Å². The van der Waals surface area contributed by atoms with E-state index in [-0.39, 0.29) is 5.91 Å². The maximum atomic E-state index is 12.1. The van der Waals surface area contributed by atoms with Gasteiger partial charge in [0.25, 0.3) is 0 Å². The quantitative estimate of drug-likeness (QED) is 0.737. The third-order valence-corrected chi connectivity index (χ3v) is 3.06. The first-order valence-corrected chi connectivity index (χ1v) is 5.73. The Balaban J connectivity index is 2.76. The molecule has 0 saturated carbocycles. The molecule has 0 aromatic heterocycles. The van der Waals surface area contributed by atoms with Gasteiger partial charge in [0, 0.05) is 6.54 Å². The highest BCUT2D eigenvalue weighted by molar-refractivity contribution is 5.90. The first-order chi connectivity index (χ1) is 7.40. The molecule has 5 nitrogen and oxygen atoms in total. The predicted octanol–water partition coefficient (Wildman–Crippen LogP) is 0.579. The molecule has 1 saturated heterocycles. The van der Waals surface area contributed by atoms with Crippen molar-refractivity contribution in [3.05, 3.63) is 0 Å². The highest BCUT2D eigenvalue weighted by atomic mass is 16.4. The molecule has 1 heterocycles. The number of rotatable bonds is 4. The van der Waals surface area contributed by atoms with Gasteiger partial charge in [0.15, 0.2) is 0 Å². The summed E-state index contributed by atoms with van der Waals surface area (Å²) >= 11 is 0. The van der Waals surface area contributed by atoms with Crippen molar-refractivity contribution in [1.29, 1.82) is 0 Å². The standard InChI is InChI=1S/C11H20N2O3/c1-3-6-11(2,12)10(16)13-7-4-5-8(13)9(14)15/h8H,3-7,12H2,1-2H3,(H,14,15)/t8-,11?/m1/s1. The van der Waals surface area contributed by atoms with E-state index in [1.165, 1.54) is 4.90 Å². The van der Waals surface area contributed by atoms with E-state index in [2.05, 4.69) is 0 Å². The van der Waals surface area contributed by atoms with Crippen molar-refractivity contribution in [2.24, 2.45) is 5.73 Å². The van der Waals surface area contributed by atoms with E-state index in [4.69, 9.17) is 10.8 Å². The van der Waals surface area contributed by atoms with Crippen LogP contribution >= 0.6 is 0 Å². The number of likely N-dealkylation sites (tertiary alicyclic amines) is 1. The fourth-order valence-corrected chi connectivity index (χ4v) is 2.22. The monoisotopic (exact) mass is 228 g/mol. The van der Waals surface area contributed by atoms with Gasteiger partial charge in [0.1, 0.15) is 6.04 Å². The Morgan fingerprint density at radius 1 is 1.56 bits per heavy atom. The molecule has 0 radical (unpaired) electrons. The molecule has 1 amide bonds. The van der Waals surface area contributed by atoms with Gasteiger partial charge in [-0.1, -0.05) is 13.3 Å². The van der Waals surface area contributed by atoms with Crippen LogP contribution in [-0.2, 0) is 9.59 Å². The van der Waals surface area contributed by atoms with Gasteiger partial charge in [0.2, 0.25) is 5.91 Å². The highest BCUT2D eigenvalue weighted by Crippen LogP contribution is 2.22. The lowest BCUT2D eigenvalue weighted by Gasteiger charge is -2.31. The maximum Gasteiger partial charge on any atom is 0.326 e. The van der Waals surface area contributed by atoms with Crippen LogP contribution in [0.25, 0.3) is 0 Å². The second kappa shape index (κ2) is 4.82. The number of nitrogens with zero attached hydrogens (tertiary/aromatic N) is 1. The summed E-state index contributed by atoms with van der Waals surface area (Å²) in [4.78, 5) is 24.5. The summed E-state index contributed by atoms with van der Waals surface area (Å²) in [7, 11) is 0. The van der Waals surface area contributed by atoms with Crippen molar-refractivity contribution in [3.8, 4) is 0 Å². The molecule has 1 aliphatic rings. The van der Waals surface area contributed by atoms with Crippen LogP contribution in [0.1, 0.15) is 39.5 Å². The minimum atomic E-state index is -0.938. The second-order valence-electron chi connectivity index (χ2n) is 4.66. The third kappa shape index (κ3) is 2.52. The normalized spacial score (nSPS) is 24.2. The van der Waals surface area contributed by atoms with E-state index in [0.29, 0.717) is 19.4 Å². The van der Waals surface area contributed by atoms with Crippen LogP contribution in [0.15, 0.2) is 0 Å². The Morgan fingerprint density at radius 2 is 2.19 bits per heavy atom. The number of carbonyl (C=O) groups is 2. The zero-order valence-electron chi connectivity index (χ0n) is 9.90. The molecule has 0 spiro atoms. The number of aliphatic carboxylic acids is 1. The first-order valence-electron chi connectivity index (χ1n) is 5.73. The molecule has 1 fully saturated rings. The van der Waals surface area contributed by atoms with Gasteiger partial charge in [-0.3, -0.25) is 4.79 Å². The van der Waals surface area contributed by atoms with E-state index >= 15 is 0 Å². The summed E-state index contributed by atoms with van der Waals surface area (Å²) in [5.41, 5.74) is 4.99. The molecule has 0 bridgehead atoms. The zero-order valence-corrected chi connectivity index (χ0v) is 9.90. The molecule has 16 heavy (non-hydrogen) atoms. The number of hydrogen-bond donors (Lipinski definition) is 2.